The van der Waals surface area contributed by atoms with Crippen LogP contribution in [0.3, 0.4) is 0 Å². The van der Waals surface area contributed by atoms with Crippen LogP contribution in [0.25, 0.3) is 0 Å². The molecule has 0 spiro atoms. The first kappa shape index (κ1) is 17.5. The van der Waals surface area contributed by atoms with Crippen molar-refractivity contribution in [2.75, 3.05) is 18.4 Å². The molecular formula is C13H18N4O5. The van der Waals surface area contributed by atoms with Gasteiger partial charge in [-0.25, -0.2) is 0 Å². The lowest BCUT2D eigenvalue weighted by atomic mass is 10.1. The molecule has 9 heteroatoms. The monoisotopic (exact) mass is 310 g/mol. The largest absolute Gasteiger partial charge is 0.480 e. The van der Waals surface area contributed by atoms with Gasteiger partial charge in [0.05, 0.1) is 11.3 Å². The van der Waals surface area contributed by atoms with E-state index in [1.54, 1.807) is 13.0 Å². The van der Waals surface area contributed by atoms with Gasteiger partial charge in [0, 0.05) is 19.2 Å². The van der Waals surface area contributed by atoms with Crippen LogP contribution in [0.15, 0.2) is 18.2 Å². The zero-order valence-electron chi connectivity index (χ0n) is 12.0. The number of carboxylic acid groups (broad SMARTS) is 1. The number of hydrogen-bond donors (Lipinski definition) is 4. The molecule has 1 rings (SSSR count). The third-order valence-electron chi connectivity index (χ3n) is 2.85. The second kappa shape index (κ2) is 8.05. The number of carbonyl (C=O) groups is 2. The lowest BCUT2D eigenvalue weighted by Gasteiger charge is -2.13. The minimum atomic E-state index is -1.19. The Morgan fingerprint density at radius 3 is 2.68 bits per heavy atom. The van der Waals surface area contributed by atoms with E-state index in [1.807, 2.05) is 0 Å². The maximum Gasteiger partial charge on any atom is 0.321 e. The maximum absolute atomic E-state index is 11.9. The number of nitrogens with zero attached hydrogens (tertiary/aromatic N) is 1. The number of carboxylic acids is 1. The molecule has 0 fully saturated rings. The molecule has 1 amide bonds. The fourth-order valence-electron chi connectivity index (χ4n) is 1.79. The van der Waals surface area contributed by atoms with Gasteiger partial charge >= 0.3 is 5.97 Å². The number of nitrogens with two attached hydrogens (primary N) is 1. The highest BCUT2D eigenvalue weighted by Gasteiger charge is 2.22. The zero-order valence-corrected chi connectivity index (χ0v) is 12.0. The van der Waals surface area contributed by atoms with Gasteiger partial charge in [0.15, 0.2) is 0 Å². The Kier molecular flexibility index (Phi) is 6.42. The Bertz CT molecular complexity index is 576. The molecule has 1 atom stereocenters. The highest BCUT2D eigenvalue weighted by Crippen LogP contribution is 2.25. The average molecular weight is 310 g/mol. The summed E-state index contributed by atoms with van der Waals surface area (Å²) in [5.74, 6) is -1.83. The number of anilines is 1. The summed E-state index contributed by atoms with van der Waals surface area (Å²) < 4.78 is 0. The highest BCUT2D eigenvalue weighted by atomic mass is 16.6. The van der Waals surface area contributed by atoms with Crippen LogP contribution in [0, 0.1) is 17.0 Å². The number of amides is 1. The summed E-state index contributed by atoms with van der Waals surface area (Å²) in [4.78, 5) is 33.3. The summed E-state index contributed by atoms with van der Waals surface area (Å²) in [6.07, 6.45) is -0.361. The van der Waals surface area contributed by atoms with Crippen molar-refractivity contribution >= 4 is 23.3 Å². The molecule has 0 saturated heterocycles. The van der Waals surface area contributed by atoms with Crippen LogP contribution in [0.4, 0.5) is 11.4 Å². The number of aryl methyl sites for hydroxylation is 1. The third-order valence-corrected chi connectivity index (χ3v) is 2.85. The molecule has 0 unspecified atom stereocenters. The molecule has 5 N–H and O–H groups in total. The smallest absolute Gasteiger partial charge is 0.321 e. The van der Waals surface area contributed by atoms with Crippen molar-refractivity contribution in [3.8, 4) is 0 Å². The summed E-state index contributed by atoms with van der Waals surface area (Å²) in [6, 6.07) is 3.25. The molecule has 1 aromatic rings. The molecule has 0 heterocycles. The number of nitro groups is 1. The maximum atomic E-state index is 11.9. The summed E-state index contributed by atoms with van der Waals surface area (Å²) in [5.41, 5.74) is 5.74. The van der Waals surface area contributed by atoms with E-state index >= 15 is 0 Å². The van der Waals surface area contributed by atoms with Gasteiger partial charge in [0.2, 0.25) is 5.91 Å². The topological polar surface area (TPSA) is 148 Å². The lowest BCUT2D eigenvalue weighted by molar-refractivity contribution is -0.384. The van der Waals surface area contributed by atoms with Crippen molar-refractivity contribution < 1.29 is 19.6 Å². The molecule has 0 bridgehead atoms. The van der Waals surface area contributed by atoms with Gasteiger partial charge in [-0.3, -0.25) is 19.7 Å². The molecule has 120 valence electrons. The lowest BCUT2D eigenvalue weighted by Crippen LogP contribution is -2.41. The summed E-state index contributed by atoms with van der Waals surface area (Å²) in [7, 11) is 0. The van der Waals surface area contributed by atoms with E-state index in [4.69, 9.17) is 10.8 Å². The van der Waals surface area contributed by atoms with E-state index in [9.17, 15) is 19.7 Å². The molecule has 0 radical (unpaired) electrons. The molecule has 0 aromatic heterocycles. The number of aliphatic carboxylic acids is 1. The third kappa shape index (κ3) is 5.11. The average Bonchev–Trinajstić information content (AvgIpc) is 2.44. The van der Waals surface area contributed by atoms with Crippen molar-refractivity contribution in [1.82, 2.24) is 5.32 Å². The van der Waals surface area contributed by atoms with Gasteiger partial charge in [-0.1, -0.05) is 6.07 Å². The fourth-order valence-corrected chi connectivity index (χ4v) is 1.79. The number of benzene rings is 1. The van der Waals surface area contributed by atoms with E-state index in [0.717, 1.165) is 0 Å². The Morgan fingerprint density at radius 2 is 2.14 bits per heavy atom. The van der Waals surface area contributed by atoms with Gasteiger partial charge in [0.25, 0.3) is 5.69 Å². The molecule has 9 nitrogen and oxygen atoms in total. The number of hydrogen-bond acceptors (Lipinski definition) is 6. The van der Waals surface area contributed by atoms with Crippen molar-refractivity contribution in [3.63, 3.8) is 0 Å². The van der Waals surface area contributed by atoms with Crippen molar-refractivity contribution in [1.29, 1.82) is 0 Å². The van der Waals surface area contributed by atoms with E-state index in [0.29, 0.717) is 5.56 Å². The normalized spacial score (nSPS) is 11.7. The van der Waals surface area contributed by atoms with Crippen LogP contribution in [-0.2, 0) is 9.59 Å². The molecule has 0 aliphatic carbocycles. The van der Waals surface area contributed by atoms with Gasteiger partial charge in [0.1, 0.15) is 11.7 Å². The summed E-state index contributed by atoms with van der Waals surface area (Å²) in [6.45, 7) is 2.17. The molecule has 0 saturated carbocycles. The molecular weight excluding hydrogens is 292 g/mol. The van der Waals surface area contributed by atoms with Crippen LogP contribution in [0.2, 0.25) is 0 Å². The first-order chi connectivity index (χ1) is 10.3. The van der Waals surface area contributed by atoms with Gasteiger partial charge in [-0.15, -0.1) is 0 Å². The minimum absolute atomic E-state index is 0.0311. The number of carbonyl (C=O) groups excluding carboxylic acids is 1. The zero-order chi connectivity index (χ0) is 16.7. The van der Waals surface area contributed by atoms with Crippen LogP contribution in [-0.4, -0.2) is 41.0 Å². The Hall–Kier alpha value is -2.52. The van der Waals surface area contributed by atoms with Gasteiger partial charge in [-0.2, -0.15) is 0 Å². The fraction of sp³-hybridized carbons (Fsp3) is 0.385. The first-order valence-corrected chi connectivity index (χ1v) is 6.56. The Balaban J connectivity index is 2.80. The van der Waals surface area contributed by atoms with Crippen LogP contribution in [0.1, 0.15) is 12.0 Å². The van der Waals surface area contributed by atoms with Gasteiger partial charge < -0.3 is 21.5 Å². The van der Waals surface area contributed by atoms with Crippen molar-refractivity contribution in [2.24, 2.45) is 5.73 Å². The number of nitrogens with one attached hydrogen (secondary N) is 2. The minimum Gasteiger partial charge on any atom is -0.480 e. The van der Waals surface area contributed by atoms with Gasteiger partial charge in [-0.05, 0) is 18.6 Å². The van der Waals surface area contributed by atoms with Crippen molar-refractivity contribution in [2.45, 2.75) is 19.4 Å². The van der Waals surface area contributed by atoms with E-state index < -0.39 is 22.8 Å². The Morgan fingerprint density at radius 1 is 1.45 bits per heavy atom. The first-order valence-electron chi connectivity index (χ1n) is 6.56. The predicted molar refractivity (Wildman–Crippen MR) is 79.6 cm³/mol. The SMILES string of the molecule is Cc1ccc(NC(=O)C[C@H](NCCN)C(=O)O)c([N+](=O)[O-])c1. The van der Waals surface area contributed by atoms with Crippen LogP contribution < -0.4 is 16.4 Å². The number of nitro benzene ring substituents is 1. The Labute approximate surface area is 126 Å². The summed E-state index contributed by atoms with van der Waals surface area (Å²) >= 11 is 0. The van der Waals surface area contributed by atoms with Crippen LogP contribution in [0.5, 0.6) is 0 Å². The molecule has 0 aliphatic rings. The van der Waals surface area contributed by atoms with E-state index in [-0.39, 0.29) is 30.9 Å². The summed E-state index contributed by atoms with van der Waals surface area (Å²) in [5, 5.41) is 24.9. The molecule has 1 aromatic carbocycles. The van der Waals surface area contributed by atoms with E-state index in [1.165, 1.54) is 12.1 Å². The number of rotatable bonds is 8. The second-order valence-electron chi connectivity index (χ2n) is 4.66. The van der Waals surface area contributed by atoms with Crippen molar-refractivity contribution in [3.05, 3.63) is 33.9 Å². The quantitative estimate of drug-likeness (QED) is 0.397. The standard InChI is InChI=1S/C13H18N4O5/c1-8-2-3-9(11(6-8)17(21)22)16-12(18)7-10(13(19)20)15-5-4-14/h2-3,6,10,15H,4-5,7,14H2,1H3,(H,16,18)(H,19,20)/t10-/m0/s1. The molecule has 22 heavy (non-hydrogen) atoms. The van der Waals surface area contributed by atoms with Crippen LogP contribution >= 0.6 is 0 Å². The predicted octanol–water partition coefficient (Wildman–Crippen LogP) is 0.233. The van der Waals surface area contributed by atoms with E-state index in [2.05, 4.69) is 10.6 Å². The molecule has 0 aliphatic heterocycles. The second-order valence-corrected chi connectivity index (χ2v) is 4.66. The highest BCUT2D eigenvalue weighted by molar-refractivity contribution is 5.95.